The Kier molecular flexibility index (Phi) is 10.4. The molecular weight excluding hydrogens is 493 g/mol. The summed E-state index contributed by atoms with van der Waals surface area (Å²) in [4.78, 5) is 22.8. The molecule has 4 aromatic rings. The highest BCUT2D eigenvalue weighted by molar-refractivity contribution is 6.27. The Bertz CT molecular complexity index is 1310. The number of rotatable bonds is 10. The van der Waals surface area contributed by atoms with Crippen LogP contribution in [0.25, 0.3) is 11.3 Å². The molecule has 9 nitrogen and oxygen atoms in total. The predicted molar refractivity (Wildman–Crippen MR) is 139 cm³/mol. The van der Waals surface area contributed by atoms with Crippen LogP contribution in [0.3, 0.4) is 0 Å². The Morgan fingerprint density at radius 1 is 0.947 bits per heavy atom. The van der Waals surface area contributed by atoms with Crippen LogP contribution in [0, 0.1) is 5.82 Å². The molecule has 0 fully saturated rings. The number of aromatic nitrogens is 2. The first-order valence-electron chi connectivity index (χ1n) is 11.6. The number of hydrogen-bond acceptors (Lipinski definition) is 6. The molecule has 0 aliphatic heterocycles. The molecule has 1 heterocycles. The molecule has 10 heteroatoms. The quantitative estimate of drug-likeness (QED) is 0.257. The number of methoxy groups -OCH3 is 1. The van der Waals surface area contributed by atoms with Crippen molar-refractivity contribution in [1.82, 2.24) is 9.55 Å². The third kappa shape index (κ3) is 8.45. The minimum atomic E-state index is -1.82. The summed E-state index contributed by atoms with van der Waals surface area (Å²) in [7, 11) is 1.67. The Labute approximate surface area is 219 Å². The molecule has 0 amide bonds. The van der Waals surface area contributed by atoms with Crippen molar-refractivity contribution in [2.75, 3.05) is 19.0 Å². The summed E-state index contributed by atoms with van der Waals surface area (Å²) in [5, 5.41) is 18.2. The summed E-state index contributed by atoms with van der Waals surface area (Å²) >= 11 is 0. The van der Waals surface area contributed by atoms with E-state index in [1.807, 2.05) is 59.2 Å². The number of halogens is 1. The lowest BCUT2D eigenvalue weighted by Crippen LogP contribution is -2.11. The number of aliphatic carboxylic acids is 2. The summed E-state index contributed by atoms with van der Waals surface area (Å²) in [6, 6.07) is 24.5. The molecule has 0 unspecified atom stereocenters. The predicted octanol–water partition coefficient (Wildman–Crippen LogP) is 4.68. The van der Waals surface area contributed by atoms with Gasteiger partial charge in [-0.05, 0) is 47.5 Å². The summed E-state index contributed by atoms with van der Waals surface area (Å²) in [6.45, 7) is 2.30. The van der Waals surface area contributed by atoms with Crippen LogP contribution in [0.5, 0.6) is 5.75 Å². The molecule has 4 rings (SSSR count). The Balaban J connectivity index is 0.000000599. The first-order chi connectivity index (χ1) is 18.4. The van der Waals surface area contributed by atoms with Gasteiger partial charge in [0, 0.05) is 25.8 Å². The van der Waals surface area contributed by atoms with Gasteiger partial charge in [-0.25, -0.2) is 19.0 Å². The summed E-state index contributed by atoms with van der Waals surface area (Å²) in [6.07, 6.45) is 1.80. The van der Waals surface area contributed by atoms with Crippen LogP contribution in [0.15, 0.2) is 85.1 Å². The number of ether oxygens (including phenoxy) is 2. The molecule has 0 radical (unpaired) electrons. The maximum absolute atomic E-state index is 13.3. The smallest absolute Gasteiger partial charge is 0.414 e. The maximum atomic E-state index is 13.3. The zero-order valence-electron chi connectivity index (χ0n) is 20.7. The number of anilines is 1. The molecule has 3 aromatic carbocycles. The van der Waals surface area contributed by atoms with Crippen LogP contribution in [0.2, 0.25) is 0 Å². The van der Waals surface area contributed by atoms with Crippen LogP contribution < -0.4 is 10.1 Å². The average molecular weight is 522 g/mol. The van der Waals surface area contributed by atoms with Gasteiger partial charge in [-0.15, -0.1) is 0 Å². The van der Waals surface area contributed by atoms with Gasteiger partial charge in [0.15, 0.2) is 0 Å². The highest BCUT2D eigenvalue weighted by atomic mass is 19.1. The lowest BCUT2D eigenvalue weighted by Gasteiger charge is -2.14. The van der Waals surface area contributed by atoms with Gasteiger partial charge < -0.3 is 29.6 Å². The number of carbonyl (C=O) groups is 2. The van der Waals surface area contributed by atoms with Gasteiger partial charge in [0.1, 0.15) is 18.2 Å². The number of carboxylic acid groups (broad SMARTS) is 2. The molecule has 0 bridgehead atoms. The van der Waals surface area contributed by atoms with Gasteiger partial charge in [0.05, 0.1) is 18.5 Å². The highest BCUT2D eigenvalue weighted by Gasteiger charge is 2.12. The lowest BCUT2D eigenvalue weighted by atomic mass is 10.1. The summed E-state index contributed by atoms with van der Waals surface area (Å²) < 4.78 is 26.6. The van der Waals surface area contributed by atoms with Gasteiger partial charge >= 0.3 is 11.9 Å². The number of carboxylic acids is 2. The third-order valence-corrected chi connectivity index (χ3v) is 5.29. The van der Waals surface area contributed by atoms with Crippen LogP contribution in [-0.2, 0) is 34.0 Å². The standard InChI is InChI=1S/C26H26FN3O2.C2H2O4/c1-31-15-14-30-25(22-10-12-23(27)13-11-22)18-29-26(30)28-17-21-8-5-9-24(16-21)32-19-20-6-3-2-4-7-20;3-1(4)2(5)6/h2-13,16,18H,14-15,17,19H2,1H3,(H,28,29);(H,3,4)(H,5,6). The van der Waals surface area contributed by atoms with Crippen molar-refractivity contribution in [3.05, 3.63) is 102 Å². The van der Waals surface area contributed by atoms with Crippen LogP contribution in [0.1, 0.15) is 11.1 Å². The molecular formula is C28H28FN3O6. The van der Waals surface area contributed by atoms with Crippen molar-refractivity contribution < 1.29 is 33.7 Å². The zero-order valence-corrected chi connectivity index (χ0v) is 20.7. The third-order valence-electron chi connectivity index (χ3n) is 5.29. The molecule has 3 N–H and O–H groups in total. The van der Waals surface area contributed by atoms with E-state index in [0.717, 1.165) is 34.1 Å². The number of nitrogens with one attached hydrogen (secondary N) is 1. The first-order valence-corrected chi connectivity index (χ1v) is 11.6. The Morgan fingerprint density at radius 2 is 1.63 bits per heavy atom. The topological polar surface area (TPSA) is 123 Å². The number of nitrogens with zero attached hydrogens (tertiary/aromatic N) is 2. The molecule has 0 aliphatic carbocycles. The van der Waals surface area contributed by atoms with E-state index in [2.05, 4.69) is 10.3 Å². The van der Waals surface area contributed by atoms with Gasteiger partial charge in [0.25, 0.3) is 0 Å². The van der Waals surface area contributed by atoms with E-state index in [1.165, 1.54) is 12.1 Å². The first kappa shape index (κ1) is 27.9. The van der Waals surface area contributed by atoms with Crippen molar-refractivity contribution in [2.45, 2.75) is 19.7 Å². The Hall–Kier alpha value is -4.70. The molecule has 38 heavy (non-hydrogen) atoms. The molecule has 1 aromatic heterocycles. The van der Waals surface area contributed by atoms with Gasteiger partial charge in [0.2, 0.25) is 5.95 Å². The largest absolute Gasteiger partial charge is 0.489 e. The van der Waals surface area contributed by atoms with Crippen molar-refractivity contribution in [3.63, 3.8) is 0 Å². The number of hydrogen-bond donors (Lipinski definition) is 3. The number of imidazole rings is 1. The van der Waals surface area contributed by atoms with E-state index in [1.54, 1.807) is 25.4 Å². The fraction of sp³-hybridized carbons (Fsp3) is 0.179. The highest BCUT2D eigenvalue weighted by Crippen LogP contribution is 2.24. The number of benzene rings is 3. The fourth-order valence-electron chi connectivity index (χ4n) is 3.44. The van der Waals surface area contributed by atoms with E-state index in [9.17, 15) is 4.39 Å². The average Bonchev–Trinajstić information content (AvgIpc) is 3.33. The van der Waals surface area contributed by atoms with Crippen LogP contribution in [-0.4, -0.2) is 45.4 Å². The minimum Gasteiger partial charge on any atom is -0.489 e. The van der Waals surface area contributed by atoms with Gasteiger partial charge in [-0.1, -0.05) is 42.5 Å². The summed E-state index contributed by atoms with van der Waals surface area (Å²) in [5.41, 5.74) is 4.02. The lowest BCUT2D eigenvalue weighted by molar-refractivity contribution is -0.159. The maximum Gasteiger partial charge on any atom is 0.414 e. The molecule has 0 atom stereocenters. The minimum absolute atomic E-state index is 0.260. The van der Waals surface area contributed by atoms with E-state index in [4.69, 9.17) is 29.3 Å². The summed E-state index contributed by atoms with van der Waals surface area (Å²) in [5.74, 6) is -2.35. The Morgan fingerprint density at radius 3 is 2.29 bits per heavy atom. The van der Waals surface area contributed by atoms with Gasteiger partial charge in [-0.2, -0.15) is 0 Å². The van der Waals surface area contributed by atoms with Crippen LogP contribution in [0.4, 0.5) is 10.3 Å². The molecule has 0 saturated heterocycles. The van der Waals surface area contributed by atoms with E-state index in [0.29, 0.717) is 26.3 Å². The van der Waals surface area contributed by atoms with E-state index < -0.39 is 11.9 Å². The second-order valence-corrected chi connectivity index (χ2v) is 8.00. The molecule has 0 spiro atoms. The zero-order chi connectivity index (χ0) is 27.3. The monoisotopic (exact) mass is 521 g/mol. The van der Waals surface area contributed by atoms with Crippen LogP contribution >= 0.6 is 0 Å². The van der Waals surface area contributed by atoms with Crippen molar-refractivity contribution in [1.29, 1.82) is 0 Å². The second-order valence-electron chi connectivity index (χ2n) is 8.00. The van der Waals surface area contributed by atoms with Crippen molar-refractivity contribution in [3.8, 4) is 17.0 Å². The molecule has 0 saturated carbocycles. The van der Waals surface area contributed by atoms with Gasteiger partial charge in [-0.3, -0.25) is 0 Å². The molecule has 198 valence electrons. The van der Waals surface area contributed by atoms with E-state index >= 15 is 0 Å². The normalized spacial score (nSPS) is 10.3. The van der Waals surface area contributed by atoms with E-state index in [-0.39, 0.29) is 5.82 Å². The van der Waals surface area contributed by atoms with Crippen molar-refractivity contribution >= 4 is 17.9 Å². The fourth-order valence-corrected chi connectivity index (χ4v) is 3.44. The van der Waals surface area contributed by atoms with Crippen molar-refractivity contribution in [2.24, 2.45) is 0 Å². The SMILES string of the molecule is COCCn1c(-c2ccc(F)cc2)cnc1NCc1cccc(OCc2ccccc2)c1.O=C(O)C(=O)O. The second kappa shape index (κ2) is 14.1. The molecule has 0 aliphatic rings.